The summed E-state index contributed by atoms with van der Waals surface area (Å²) in [6, 6.07) is 13.4. The number of rotatable bonds is 4. The first kappa shape index (κ1) is 18.6. The maximum absolute atomic E-state index is 13.4. The van der Waals surface area contributed by atoms with Crippen LogP contribution in [0.1, 0.15) is 23.2 Å². The fraction of sp³-hybridized carbons (Fsp3) is 0.318. The zero-order valence-corrected chi connectivity index (χ0v) is 16.0. The minimum Gasteiger partial charge on any atom is -0.292 e. The number of anilines is 1. The van der Waals surface area contributed by atoms with E-state index in [2.05, 4.69) is 0 Å². The minimum absolute atomic E-state index is 0.114. The van der Waals surface area contributed by atoms with Gasteiger partial charge in [0.25, 0.3) is 5.69 Å². The Hall–Kier alpha value is -3.39. The summed E-state index contributed by atoms with van der Waals surface area (Å²) in [5.41, 5.74) is 0.723. The number of nitro groups is 1. The van der Waals surface area contributed by atoms with Gasteiger partial charge in [-0.05, 0) is 31.5 Å². The third kappa shape index (κ3) is 2.60. The third-order valence-corrected chi connectivity index (χ3v) is 6.50. The molecule has 0 N–H and O–H groups in total. The minimum atomic E-state index is -0.731. The number of non-ortho nitro benzene ring substituents is 1. The number of carbonyl (C=O) groups is 3. The first-order valence-electron chi connectivity index (χ1n) is 9.96. The van der Waals surface area contributed by atoms with Crippen molar-refractivity contribution in [2.75, 3.05) is 11.4 Å². The summed E-state index contributed by atoms with van der Waals surface area (Å²) in [5.74, 6) is -2.15. The molecule has 0 aromatic heterocycles. The van der Waals surface area contributed by atoms with E-state index in [9.17, 15) is 24.5 Å². The molecule has 8 nitrogen and oxygen atoms in total. The first-order chi connectivity index (χ1) is 14.5. The number of hydrogen-bond donors (Lipinski definition) is 0. The maximum Gasteiger partial charge on any atom is 0.269 e. The number of hydrogen-bond acceptors (Lipinski definition) is 6. The van der Waals surface area contributed by atoms with Crippen LogP contribution in [0.2, 0.25) is 0 Å². The molecule has 30 heavy (non-hydrogen) atoms. The second kappa shape index (κ2) is 6.84. The Morgan fingerprint density at radius 2 is 1.63 bits per heavy atom. The molecule has 2 amide bonds. The van der Waals surface area contributed by atoms with Gasteiger partial charge in [-0.3, -0.25) is 29.4 Å². The molecule has 2 aromatic rings. The fourth-order valence-corrected chi connectivity index (χ4v) is 5.27. The monoisotopic (exact) mass is 405 g/mol. The molecule has 0 bridgehead atoms. The number of nitrogens with zero attached hydrogens (tertiary/aromatic N) is 3. The van der Waals surface area contributed by atoms with E-state index in [0.29, 0.717) is 17.8 Å². The zero-order valence-electron chi connectivity index (χ0n) is 16.0. The lowest BCUT2D eigenvalue weighted by Gasteiger charge is -2.27. The van der Waals surface area contributed by atoms with E-state index in [1.54, 1.807) is 24.3 Å². The molecule has 3 aliphatic heterocycles. The van der Waals surface area contributed by atoms with Crippen molar-refractivity contribution in [2.24, 2.45) is 11.8 Å². The van der Waals surface area contributed by atoms with Gasteiger partial charge in [0.1, 0.15) is 0 Å². The topological polar surface area (TPSA) is 101 Å². The van der Waals surface area contributed by atoms with Gasteiger partial charge >= 0.3 is 0 Å². The molecule has 3 aliphatic rings. The number of fused-ring (bicyclic) bond motifs is 3. The Morgan fingerprint density at radius 1 is 0.967 bits per heavy atom. The van der Waals surface area contributed by atoms with Crippen LogP contribution in [0.5, 0.6) is 0 Å². The van der Waals surface area contributed by atoms with Crippen LogP contribution in [0.15, 0.2) is 54.6 Å². The van der Waals surface area contributed by atoms with Gasteiger partial charge in [0, 0.05) is 23.7 Å². The zero-order chi connectivity index (χ0) is 21.0. The highest BCUT2D eigenvalue weighted by Crippen LogP contribution is 2.48. The number of benzene rings is 2. The largest absolute Gasteiger partial charge is 0.292 e. The van der Waals surface area contributed by atoms with E-state index in [0.717, 1.165) is 17.7 Å². The second-order valence-corrected chi connectivity index (χ2v) is 7.96. The van der Waals surface area contributed by atoms with E-state index in [4.69, 9.17) is 0 Å². The summed E-state index contributed by atoms with van der Waals surface area (Å²) in [7, 11) is 0. The lowest BCUT2D eigenvalue weighted by molar-refractivity contribution is -0.384. The standard InChI is InChI=1S/C22H19N3O5/c26-20(13-5-2-1-3-6-13)19-18-17(16-7-4-12-23(16)19)21(27)24(22(18)28)14-8-10-15(11-9-14)25(29)30/h1-3,5-6,8-11,16-19H,4,7,12H2/t16-,17-,18+,19-/m1/s1. The normalized spacial score (nSPS) is 27.9. The van der Waals surface area contributed by atoms with Gasteiger partial charge < -0.3 is 0 Å². The molecule has 0 unspecified atom stereocenters. The van der Waals surface area contributed by atoms with Crippen LogP contribution < -0.4 is 4.90 Å². The number of carbonyl (C=O) groups excluding carboxylic acids is 3. The number of imide groups is 1. The van der Waals surface area contributed by atoms with Crippen molar-refractivity contribution in [2.45, 2.75) is 24.9 Å². The Bertz CT molecular complexity index is 1050. The molecule has 0 radical (unpaired) electrons. The summed E-state index contributed by atoms with van der Waals surface area (Å²) < 4.78 is 0. The summed E-state index contributed by atoms with van der Waals surface area (Å²) in [6.45, 7) is 0.693. The van der Waals surface area contributed by atoms with Gasteiger partial charge in [-0.1, -0.05) is 30.3 Å². The van der Waals surface area contributed by atoms with E-state index >= 15 is 0 Å². The van der Waals surface area contributed by atoms with Crippen molar-refractivity contribution in [1.82, 2.24) is 4.90 Å². The highest BCUT2D eigenvalue weighted by Gasteiger charge is 2.64. The lowest BCUT2D eigenvalue weighted by atomic mass is 9.85. The summed E-state index contributed by atoms with van der Waals surface area (Å²) in [6.07, 6.45) is 1.65. The number of amides is 2. The molecule has 3 heterocycles. The number of ketones is 1. The van der Waals surface area contributed by atoms with Gasteiger partial charge in [0.05, 0.1) is 28.5 Å². The van der Waals surface area contributed by atoms with Crippen molar-refractivity contribution in [3.63, 3.8) is 0 Å². The maximum atomic E-state index is 13.4. The average Bonchev–Trinajstić information content (AvgIpc) is 3.40. The average molecular weight is 405 g/mol. The van der Waals surface area contributed by atoms with Crippen molar-refractivity contribution < 1.29 is 19.3 Å². The van der Waals surface area contributed by atoms with Gasteiger partial charge in [-0.2, -0.15) is 0 Å². The molecule has 152 valence electrons. The van der Waals surface area contributed by atoms with Crippen LogP contribution in [0.25, 0.3) is 0 Å². The molecule has 0 saturated carbocycles. The van der Waals surface area contributed by atoms with Crippen LogP contribution in [0.4, 0.5) is 11.4 Å². The molecule has 3 fully saturated rings. The fourth-order valence-electron chi connectivity index (χ4n) is 5.27. The predicted molar refractivity (Wildman–Crippen MR) is 107 cm³/mol. The van der Waals surface area contributed by atoms with Crippen LogP contribution in [-0.4, -0.2) is 46.0 Å². The van der Waals surface area contributed by atoms with E-state index in [1.807, 2.05) is 11.0 Å². The molecule has 3 saturated heterocycles. The van der Waals surface area contributed by atoms with E-state index in [1.165, 1.54) is 24.3 Å². The van der Waals surface area contributed by atoms with Crippen molar-refractivity contribution in [3.8, 4) is 0 Å². The van der Waals surface area contributed by atoms with Crippen molar-refractivity contribution >= 4 is 29.0 Å². The van der Waals surface area contributed by atoms with E-state index < -0.39 is 28.7 Å². The Labute approximate surface area is 172 Å². The number of nitro benzene ring substituents is 1. The van der Waals surface area contributed by atoms with Crippen LogP contribution in [0, 0.1) is 22.0 Å². The van der Waals surface area contributed by atoms with Gasteiger partial charge in [-0.25, -0.2) is 4.90 Å². The smallest absolute Gasteiger partial charge is 0.269 e. The molecular formula is C22H19N3O5. The Balaban J connectivity index is 1.52. The van der Waals surface area contributed by atoms with E-state index in [-0.39, 0.29) is 23.4 Å². The lowest BCUT2D eigenvalue weighted by Crippen LogP contribution is -2.46. The highest BCUT2D eigenvalue weighted by molar-refractivity contribution is 6.24. The van der Waals surface area contributed by atoms with Crippen LogP contribution in [-0.2, 0) is 9.59 Å². The third-order valence-electron chi connectivity index (χ3n) is 6.50. The van der Waals surface area contributed by atoms with Crippen LogP contribution >= 0.6 is 0 Å². The first-order valence-corrected chi connectivity index (χ1v) is 9.96. The molecule has 8 heteroatoms. The highest BCUT2D eigenvalue weighted by atomic mass is 16.6. The summed E-state index contributed by atoms with van der Waals surface area (Å²) in [4.78, 5) is 53.6. The van der Waals surface area contributed by atoms with Gasteiger partial charge in [0.15, 0.2) is 5.78 Å². The number of Topliss-reactive ketones (excluding diaryl/α,β-unsaturated/α-hetero) is 1. The molecular weight excluding hydrogens is 386 g/mol. The molecule has 0 aliphatic carbocycles. The Kier molecular flexibility index (Phi) is 4.25. The van der Waals surface area contributed by atoms with Gasteiger partial charge in [0.2, 0.25) is 11.8 Å². The molecule has 0 spiro atoms. The van der Waals surface area contributed by atoms with Crippen molar-refractivity contribution in [1.29, 1.82) is 0 Å². The van der Waals surface area contributed by atoms with Crippen LogP contribution in [0.3, 0.4) is 0 Å². The molecule has 5 rings (SSSR count). The Morgan fingerprint density at radius 3 is 2.30 bits per heavy atom. The van der Waals surface area contributed by atoms with Gasteiger partial charge in [-0.15, -0.1) is 0 Å². The second-order valence-electron chi connectivity index (χ2n) is 7.96. The molecule has 4 atom stereocenters. The summed E-state index contributed by atoms with van der Waals surface area (Å²) >= 11 is 0. The quantitative estimate of drug-likeness (QED) is 0.335. The molecule has 2 aromatic carbocycles. The SMILES string of the molecule is O=C(c1ccccc1)[C@H]1[C@H]2C(=O)N(c3ccc([N+](=O)[O-])cc3)C(=O)[C@@H]2[C@H]2CCCN21. The predicted octanol–water partition coefficient (Wildman–Crippen LogP) is 2.43. The van der Waals surface area contributed by atoms with Crippen molar-refractivity contribution in [3.05, 3.63) is 70.3 Å². The summed E-state index contributed by atoms with van der Waals surface area (Å²) in [5, 5.41) is 10.9.